The average molecular weight is 539 g/mol. The zero-order valence-electron chi connectivity index (χ0n) is 21.5. The summed E-state index contributed by atoms with van der Waals surface area (Å²) in [7, 11) is 0. The molecule has 0 bridgehead atoms. The summed E-state index contributed by atoms with van der Waals surface area (Å²) in [5.74, 6) is 0.800. The predicted molar refractivity (Wildman–Crippen MR) is 152 cm³/mol. The van der Waals surface area contributed by atoms with Gasteiger partial charge in [-0.15, -0.1) is 11.3 Å². The lowest BCUT2D eigenvalue weighted by molar-refractivity contribution is 0.489. The van der Waals surface area contributed by atoms with Gasteiger partial charge >= 0.3 is 0 Å². The highest BCUT2D eigenvalue weighted by Gasteiger charge is 2.22. The van der Waals surface area contributed by atoms with Crippen LogP contribution in [-0.2, 0) is 6.54 Å². The fourth-order valence-electron chi connectivity index (χ4n) is 5.50. The molecule has 1 saturated carbocycles. The number of aromatic nitrogens is 7. The van der Waals surface area contributed by atoms with Crippen LogP contribution < -0.4 is 5.32 Å². The number of H-pyrrole nitrogens is 2. The highest BCUT2D eigenvalue weighted by Crippen LogP contribution is 2.35. The molecule has 0 radical (unpaired) electrons. The molecule has 0 unspecified atom stereocenters. The van der Waals surface area contributed by atoms with Gasteiger partial charge in [0, 0.05) is 57.8 Å². The lowest BCUT2D eigenvalue weighted by Gasteiger charge is -2.11. The van der Waals surface area contributed by atoms with Crippen molar-refractivity contribution >= 4 is 33.5 Å². The Morgan fingerprint density at radius 2 is 1.95 bits per heavy atom. The molecule has 0 amide bonds. The van der Waals surface area contributed by atoms with Crippen LogP contribution in [0.1, 0.15) is 36.1 Å². The number of nitrogens with zero attached hydrogens (tertiary/aromatic N) is 5. The van der Waals surface area contributed by atoms with Crippen molar-refractivity contribution < 1.29 is 4.39 Å². The standard InChI is InChI=1S/C29H27FN8S/c1-16-6-7-22(39-16)20-8-9-33-28-25(20)35-29(36-28)26-23-24(30)21(15-34-27(23)38-37-26)19-10-18(13-32-14-19)12-31-11-17-4-2-3-5-17/h6-10,13-15,17,31H,2-5,11-12H2,1H3,(H,33,35,36)(H,34,37,38). The fourth-order valence-corrected chi connectivity index (χ4v) is 6.40. The number of aryl methyl sites for hydroxylation is 1. The molecule has 6 aromatic rings. The molecule has 6 heterocycles. The van der Waals surface area contributed by atoms with E-state index in [-0.39, 0.29) is 11.0 Å². The third kappa shape index (κ3) is 4.49. The van der Waals surface area contributed by atoms with E-state index in [1.54, 1.807) is 23.7 Å². The Labute approximate surface area is 228 Å². The van der Waals surface area contributed by atoms with Crippen molar-refractivity contribution in [2.24, 2.45) is 5.92 Å². The minimum absolute atomic E-state index is 0.282. The normalized spacial score (nSPS) is 14.2. The summed E-state index contributed by atoms with van der Waals surface area (Å²) in [6, 6.07) is 8.11. The van der Waals surface area contributed by atoms with Crippen molar-refractivity contribution in [1.82, 2.24) is 40.4 Å². The molecule has 0 spiro atoms. The van der Waals surface area contributed by atoms with Crippen LogP contribution in [0.15, 0.2) is 49.1 Å². The van der Waals surface area contributed by atoms with Gasteiger partial charge in [0.1, 0.15) is 11.5 Å². The molecule has 6 aromatic heterocycles. The van der Waals surface area contributed by atoms with Crippen LogP contribution >= 0.6 is 11.3 Å². The summed E-state index contributed by atoms with van der Waals surface area (Å²) in [4.78, 5) is 23.6. The molecule has 8 nitrogen and oxygen atoms in total. The number of halogens is 1. The van der Waals surface area contributed by atoms with E-state index in [9.17, 15) is 0 Å². The number of rotatable bonds is 7. The first-order chi connectivity index (χ1) is 19.1. The topological polar surface area (TPSA) is 108 Å². The van der Waals surface area contributed by atoms with Gasteiger partial charge in [-0.05, 0) is 62.1 Å². The van der Waals surface area contributed by atoms with Crippen LogP contribution in [0.4, 0.5) is 4.39 Å². The molecule has 1 aliphatic rings. The second kappa shape index (κ2) is 9.94. The summed E-state index contributed by atoms with van der Waals surface area (Å²) < 4.78 is 16.1. The number of fused-ring (bicyclic) bond motifs is 2. The van der Waals surface area contributed by atoms with Gasteiger partial charge in [0.25, 0.3) is 0 Å². The number of imidazole rings is 1. The molecular weight excluding hydrogens is 511 g/mol. The summed E-state index contributed by atoms with van der Waals surface area (Å²) in [5.41, 5.74) is 5.14. The molecule has 10 heteroatoms. The van der Waals surface area contributed by atoms with Gasteiger partial charge in [-0.2, -0.15) is 5.10 Å². The molecule has 0 aromatic carbocycles. The van der Waals surface area contributed by atoms with Gasteiger partial charge in [-0.3, -0.25) is 10.1 Å². The Balaban J connectivity index is 1.23. The Morgan fingerprint density at radius 1 is 1.05 bits per heavy atom. The Kier molecular flexibility index (Phi) is 6.13. The molecule has 3 N–H and O–H groups in total. The van der Waals surface area contributed by atoms with Crippen molar-refractivity contribution in [2.45, 2.75) is 39.2 Å². The summed E-state index contributed by atoms with van der Waals surface area (Å²) in [6.07, 6.45) is 12.0. The first kappa shape index (κ1) is 24.1. The third-order valence-electron chi connectivity index (χ3n) is 7.50. The molecule has 0 aliphatic heterocycles. The molecule has 1 aliphatic carbocycles. The van der Waals surface area contributed by atoms with E-state index in [0.29, 0.717) is 34.8 Å². The maximum absolute atomic E-state index is 16.1. The van der Waals surface area contributed by atoms with Crippen LogP contribution in [0.5, 0.6) is 0 Å². The molecule has 1 fully saturated rings. The zero-order chi connectivity index (χ0) is 26.3. The van der Waals surface area contributed by atoms with Gasteiger partial charge in [0.15, 0.2) is 17.1 Å². The zero-order valence-corrected chi connectivity index (χ0v) is 22.3. The molecule has 39 heavy (non-hydrogen) atoms. The van der Waals surface area contributed by atoms with E-state index in [2.05, 4.69) is 59.5 Å². The molecule has 196 valence electrons. The highest BCUT2D eigenvalue weighted by atomic mass is 32.1. The van der Waals surface area contributed by atoms with Crippen molar-refractivity contribution in [3.8, 4) is 33.1 Å². The second-order valence-electron chi connectivity index (χ2n) is 10.2. The second-order valence-corrected chi connectivity index (χ2v) is 11.5. The van der Waals surface area contributed by atoms with E-state index in [1.807, 2.05) is 18.3 Å². The lowest BCUT2D eigenvalue weighted by Crippen LogP contribution is -2.20. The van der Waals surface area contributed by atoms with Crippen LogP contribution in [-0.4, -0.2) is 41.7 Å². The predicted octanol–water partition coefficient (Wildman–Crippen LogP) is 6.41. The van der Waals surface area contributed by atoms with Crippen LogP contribution in [0.3, 0.4) is 0 Å². The molecule has 7 rings (SSSR count). The van der Waals surface area contributed by atoms with Crippen LogP contribution in [0.2, 0.25) is 0 Å². The van der Waals surface area contributed by atoms with Crippen molar-refractivity contribution in [3.63, 3.8) is 0 Å². The highest BCUT2D eigenvalue weighted by molar-refractivity contribution is 7.15. The minimum atomic E-state index is -0.413. The average Bonchev–Trinajstić information content (AvgIpc) is 3.75. The van der Waals surface area contributed by atoms with E-state index >= 15 is 4.39 Å². The number of aromatic amines is 2. The first-order valence-electron chi connectivity index (χ1n) is 13.2. The summed E-state index contributed by atoms with van der Waals surface area (Å²) >= 11 is 1.70. The van der Waals surface area contributed by atoms with E-state index < -0.39 is 5.82 Å². The molecular formula is C29H27FN8S. The molecule has 0 atom stereocenters. The van der Waals surface area contributed by atoms with Crippen LogP contribution in [0, 0.1) is 18.7 Å². The minimum Gasteiger partial charge on any atom is -0.335 e. The number of nitrogens with one attached hydrogen (secondary N) is 3. The maximum atomic E-state index is 16.1. The smallest absolute Gasteiger partial charge is 0.184 e. The maximum Gasteiger partial charge on any atom is 0.184 e. The quantitative estimate of drug-likeness (QED) is 0.217. The fraction of sp³-hybridized carbons (Fsp3) is 0.276. The number of thiophene rings is 1. The van der Waals surface area contributed by atoms with Gasteiger partial charge in [0.2, 0.25) is 0 Å². The molecule has 0 saturated heterocycles. The number of hydrogen-bond donors (Lipinski definition) is 3. The first-order valence-corrected chi connectivity index (χ1v) is 14.0. The Morgan fingerprint density at radius 3 is 2.79 bits per heavy atom. The SMILES string of the molecule is Cc1ccc(-c2ccnc3nc(-c4[nH]nc5ncc(-c6cncc(CNCC7CCCC7)c6)c(F)c45)[nH]c23)s1. The van der Waals surface area contributed by atoms with E-state index in [1.165, 1.54) is 36.8 Å². The summed E-state index contributed by atoms with van der Waals surface area (Å²) in [6.45, 7) is 3.78. The van der Waals surface area contributed by atoms with Crippen molar-refractivity contribution in [2.75, 3.05) is 6.54 Å². The van der Waals surface area contributed by atoms with E-state index in [4.69, 9.17) is 0 Å². The monoisotopic (exact) mass is 538 g/mol. The van der Waals surface area contributed by atoms with Gasteiger partial charge in [-0.1, -0.05) is 12.8 Å². The van der Waals surface area contributed by atoms with E-state index in [0.717, 1.165) is 34.0 Å². The van der Waals surface area contributed by atoms with Crippen molar-refractivity contribution in [3.05, 3.63) is 65.3 Å². The van der Waals surface area contributed by atoms with Crippen LogP contribution in [0.25, 0.3) is 55.3 Å². The summed E-state index contributed by atoms with van der Waals surface area (Å²) in [5, 5.41) is 11.0. The van der Waals surface area contributed by atoms with Gasteiger partial charge in [-0.25, -0.2) is 19.3 Å². The lowest BCUT2D eigenvalue weighted by atomic mass is 10.0. The third-order valence-corrected chi connectivity index (χ3v) is 8.53. The van der Waals surface area contributed by atoms with Gasteiger partial charge < -0.3 is 10.3 Å². The Hall–Kier alpha value is -4.02. The largest absolute Gasteiger partial charge is 0.335 e. The van der Waals surface area contributed by atoms with Gasteiger partial charge in [0.05, 0.1) is 10.9 Å². The number of pyridine rings is 3. The Bertz CT molecular complexity index is 1800. The number of hydrogen-bond acceptors (Lipinski definition) is 7. The van der Waals surface area contributed by atoms with Crippen molar-refractivity contribution in [1.29, 1.82) is 0 Å².